The Morgan fingerprint density at radius 1 is 1.12 bits per heavy atom. The van der Waals surface area contributed by atoms with E-state index >= 15 is 0 Å². The molecule has 3 aromatic rings. The molecule has 0 radical (unpaired) electrons. The van der Waals surface area contributed by atoms with Gasteiger partial charge in [-0.25, -0.2) is 4.68 Å². The van der Waals surface area contributed by atoms with E-state index in [-0.39, 0.29) is 5.56 Å². The van der Waals surface area contributed by atoms with Gasteiger partial charge in [0.25, 0.3) is 5.56 Å². The molecule has 1 aliphatic heterocycles. The van der Waals surface area contributed by atoms with Crippen molar-refractivity contribution in [2.75, 3.05) is 13.1 Å². The molecule has 130 valence electrons. The maximum atomic E-state index is 11.9. The topological polar surface area (TPSA) is 68.3 Å². The lowest BCUT2D eigenvalue weighted by atomic mass is 9.97. The second kappa shape index (κ2) is 6.76. The third-order valence-electron chi connectivity index (χ3n) is 4.89. The molecule has 4 rings (SSSR count). The monoisotopic (exact) mass is 338 g/mol. The van der Waals surface area contributed by atoms with Crippen molar-refractivity contribution >= 4 is 5.65 Å². The molecular formula is C18H22N6O. The molecule has 0 aliphatic carbocycles. The number of aromatic nitrogens is 5. The van der Waals surface area contributed by atoms with E-state index in [9.17, 15) is 4.79 Å². The van der Waals surface area contributed by atoms with Gasteiger partial charge in [0, 0.05) is 18.8 Å². The summed E-state index contributed by atoms with van der Waals surface area (Å²) >= 11 is 0. The first-order chi connectivity index (χ1) is 12.2. The highest BCUT2D eigenvalue weighted by atomic mass is 16.1. The van der Waals surface area contributed by atoms with Crippen molar-refractivity contribution in [1.29, 1.82) is 0 Å². The van der Waals surface area contributed by atoms with Crippen molar-refractivity contribution in [3.63, 3.8) is 0 Å². The Labute approximate surface area is 145 Å². The number of pyridine rings is 1. The fourth-order valence-electron chi connectivity index (χ4n) is 3.45. The van der Waals surface area contributed by atoms with Gasteiger partial charge in [0.2, 0.25) is 0 Å². The van der Waals surface area contributed by atoms with Crippen LogP contribution in [0.3, 0.4) is 0 Å². The molecule has 0 aromatic carbocycles. The lowest BCUT2D eigenvalue weighted by Gasteiger charge is -2.31. The number of hydrogen-bond donors (Lipinski definition) is 0. The van der Waals surface area contributed by atoms with Gasteiger partial charge in [-0.05, 0) is 57.0 Å². The van der Waals surface area contributed by atoms with Gasteiger partial charge in [0.1, 0.15) is 0 Å². The molecule has 0 amide bonds. The van der Waals surface area contributed by atoms with Gasteiger partial charge in [-0.1, -0.05) is 6.07 Å². The van der Waals surface area contributed by atoms with Crippen LogP contribution < -0.4 is 5.56 Å². The van der Waals surface area contributed by atoms with E-state index in [0.29, 0.717) is 12.5 Å². The number of likely N-dealkylation sites (tertiary alicyclic amines) is 1. The van der Waals surface area contributed by atoms with Crippen LogP contribution in [0.25, 0.3) is 5.65 Å². The predicted molar refractivity (Wildman–Crippen MR) is 94.2 cm³/mol. The van der Waals surface area contributed by atoms with Gasteiger partial charge < -0.3 is 0 Å². The molecule has 0 N–H and O–H groups in total. The van der Waals surface area contributed by atoms with Gasteiger partial charge >= 0.3 is 0 Å². The summed E-state index contributed by atoms with van der Waals surface area (Å²) in [5, 5.41) is 12.9. The summed E-state index contributed by atoms with van der Waals surface area (Å²) in [5.41, 5.74) is 1.76. The molecule has 7 heteroatoms. The van der Waals surface area contributed by atoms with E-state index in [1.807, 2.05) is 35.7 Å². The number of fused-ring (bicyclic) bond motifs is 1. The fraction of sp³-hybridized carbons (Fsp3) is 0.444. The van der Waals surface area contributed by atoms with Gasteiger partial charge in [0.05, 0.1) is 12.2 Å². The highest BCUT2D eigenvalue weighted by Crippen LogP contribution is 2.20. The van der Waals surface area contributed by atoms with E-state index < -0.39 is 0 Å². The molecule has 0 spiro atoms. The maximum Gasteiger partial charge on any atom is 0.266 e. The van der Waals surface area contributed by atoms with Gasteiger partial charge in [-0.3, -0.25) is 14.1 Å². The third-order valence-corrected chi connectivity index (χ3v) is 4.89. The Balaban J connectivity index is 1.37. The van der Waals surface area contributed by atoms with Crippen LogP contribution in [0.15, 0.2) is 41.3 Å². The maximum absolute atomic E-state index is 11.9. The Bertz CT molecular complexity index is 922. The zero-order valence-corrected chi connectivity index (χ0v) is 14.4. The van der Waals surface area contributed by atoms with E-state index in [4.69, 9.17) is 0 Å². The van der Waals surface area contributed by atoms with Crippen LogP contribution >= 0.6 is 0 Å². The first-order valence-corrected chi connectivity index (χ1v) is 8.75. The van der Waals surface area contributed by atoms with Crippen molar-refractivity contribution in [1.82, 2.24) is 29.3 Å². The SMILES string of the molecule is Cc1ccc(=O)n(CC2CCN(Cc3nnc4ccccn34)CC2)n1. The molecule has 1 aliphatic rings. The molecule has 7 nitrogen and oxygen atoms in total. The van der Waals surface area contributed by atoms with Crippen molar-refractivity contribution in [2.24, 2.45) is 5.92 Å². The zero-order valence-electron chi connectivity index (χ0n) is 14.4. The first-order valence-electron chi connectivity index (χ1n) is 8.75. The van der Waals surface area contributed by atoms with Gasteiger partial charge in [-0.15, -0.1) is 10.2 Å². The van der Waals surface area contributed by atoms with Crippen molar-refractivity contribution < 1.29 is 0 Å². The van der Waals surface area contributed by atoms with Crippen LogP contribution in [-0.4, -0.2) is 42.4 Å². The minimum absolute atomic E-state index is 0.0111. The lowest BCUT2D eigenvalue weighted by Crippen LogP contribution is -2.36. The van der Waals surface area contributed by atoms with Crippen LogP contribution in [-0.2, 0) is 13.1 Å². The third kappa shape index (κ3) is 3.46. The van der Waals surface area contributed by atoms with Crippen molar-refractivity contribution in [2.45, 2.75) is 32.9 Å². The number of aryl methyl sites for hydroxylation is 1. The zero-order chi connectivity index (χ0) is 17.2. The highest BCUT2D eigenvalue weighted by Gasteiger charge is 2.21. The average Bonchev–Trinajstić information content (AvgIpc) is 3.03. The second-order valence-electron chi connectivity index (χ2n) is 6.76. The number of nitrogens with zero attached hydrogens (tertiary/aromatic N) is 6. The van der Waals surface area contributed by atoms with Crippen LogP contribution in [0.5, 0.6) is 0 Å². The molecule has 0 unspecified atom stereocenters. The molecule has 3 aromatic heterocycles. The average molecular weight is 338 g/mol. The Hall–Kier alpha value is -2.54. The quantitative estimate of drug-likeness (QED) is 0.721. The Morgan fingerprint density at radius 2 is 1.96 bits per heavy atom. The fourth-order valence-corrected chi connectivity index (χ4v) is 3.45. The smallest absolute Gasteiger partial charge is 0.266 e. The minimum atomic E-state index is -0.0111. The van der Waals surface area contributed by atoms with E-state index in [2.05, 4.69) is 20.2 Å². The highest BCUT2D eigenvalue weighted by molar-refractivity contribution is 5.36. The molecule has 0 atom stereocenters. The standard InChI is InChI=1S/C18H22N6O/c1-14-5-6-18(25)24(21-14)12-15-7-10-22(11-8-15)13-17-20-19-16-4-2-3-9-23(16)17/h2-6,9,15H,7-8,10-13H2,1H3. The molecular weight excluding hydrogens is 316 g/mol. The molecule has 0 saturated carbocycles. The summed E-state index contributed by atoms with van der Waals surface area (Å²) in [7, 11) is 0. The Kier molecular flexibility index (Phi) is 4.31. The van der Waals surface area contributed by atoms with Crippen molar-refractivity contribution in [3.05, 3.63) is 58.4 Å². The van der Waals surface area contributed by atoms with Crippen molar-refractivity contribution in [3.8, 4) is 0 Å². The van der Waals surface area contributed by atoms with Crippen LogP contribution in [0, 0.1) is 12.8 Å². The minimum Gasteiger partial charge on any atom is -0.296 e. The number of hydrogen-bond acceptors (Lipinski definition) is 5. The van der Waals surface area contributed by atoms with E-state index in [0.717, 1.165) is 49.6 Å². The van der Waals surface area contributed by atoms with E-state index in [1.54, 1.807) is 16.8 Å². The van der Waals surface area contributed by atoms with Crippen LogP contribution in [0.2, 0.25) is 0 Å². The summed E-state index contributed by atoms with van der Waals surface area (Å²) < 4.78 is 3.66. The molecule has 1 saturated heterocycles. The second-order valence-corrected chi connectivity index (χ2v) is 6.76. The largest absolute Gasteiger partial charge is 0.296 e. The first kappa shape index (κ1) is 16.0. The molecule has 1 fully saturated rings. The molecule has 0 bridgehead atoms. The van der Waals surface area contributed by atoms with Gasteiger partial charge in [0.15, 0.2) is 11.5 Å². The lowest BCUT2D eigenvalue weighted by molar-refractivity contribution is 0.160. The number of piperidine rings is 1. The summed E-state index contributed by atoms with van der Waals surface area (Å²) in [6.07, 6.45) is 4.14. The molecule has 25 heavy (non-hydrogen) atoms. The predicted octanol–water partition coefficient (Wildman–Crippen LogP) is 1.51. The number of rotatable bonds is 4. The van der Waals surface area contributed by atoms with E-state index in [1.165, 1.54) is 0 Å². The summed E-state index contributed by atoms with van der Waals surface area (Å²) in [6.45, 7) is 5.45. The van der Waals surface area contributed by atoms with Gasteiger partial charge in [-0.2, -0.15) is 5.10 Å². The molecule has 4 heterocycles. The summed E-state index contributed by atoms with van der Waals surface area (Å²) in [6, 6.07) is 9.31. The van der Waals surface area contributed by atoms with Crippen LogP contribution in [0.1, 0.15) is 24.4 Å². The normalized spacial score (nSPS) is 16.5. The van der Waals surface area contributed by atoms with Crippen LogP contribution in [0.4, 0.5) is 0 Å². The summed E-state index contributed by atoms with van der Waals surface area (Å²) in [4.78, 5) is 14.3. The Morgan fingerprint density at radius 3 is 2.80 bits per heavy atom. The summed E-state index contributed by atoms with van der Waals surface area (Å²) in [5.74, 6) is 1.48.